The Hall–Kier alpha value is -0.550. The lowest BCUT2D eigenvalue weighted by Gasteiger charge is -2.40. The van der Waals surface area contributed by atoms with Gasteiger partial charge in [0, 0.05) is 14.1 Å². The Labute approximate surface area is 117 Å². The molecule has 0 saturated carbocycles. The van der Waals surface area contributed by atoms with Crippen molar-refractivity contribution in [1.82, 2.24) is 4.90 Å². The predicted octanol–water partition coefficient (Wildman–Crippen LogP) is -0.644. The summed E-state index contributed by atoms with van der Waals surface area (Å²) < 4.78 is 43.2. The fraction of sp³-hybridized carbons (Fsp3) is 0.900. The SMILES string of the molecule is CN(C)C1=N[C@@H]2[C@@H](O)[C@H](O)[C@@H](C(N)C(F)(F)F)O[C@@H]2S1. The van der Waals surface area contributed by atoms with E-state index in [2.05, 4.69) is 4.99 Å². The van der Waals surface area contributed by atoms with Gasteiger partial charge in [0.2, 0.25) is 0 Å². The van der Waals surface area contributed by atoms with Gasteiger partial charge < -0.3 is 25.6 Å². The maximum Gasteiger partial charge on any atom is 0.406 e. The van der Waals surface area contributed by atoms with Crippen molar-refractivity contribution in [1.29, 1.82) is 0 Å². The summed E-state index contributed by atoms with van der Waals surface area (Å²) in [5, 5.41) is 20.3. The molecule has 0 spiro atoms. The van der Waals surface area contributed by atoms with Crippen molar-refractivity contribution >= 4 is 16.9 Å². The van der Waals surface area contributed by atoms with E-state index in [1.807, 2.05) is 0 Å². The average molecular weight is 315 g/mol. The number of ether oxygens (including phenoxy) is 1. The predicted molar refractivity (Wildman–Crippen MR) is 67.2 cm³/mol. The lowest BCUT2D eigenvalue weighted by molar-refractivity contribution is -0.222. The topological polar surface area (TPSA) is 91.3 Å². The molecule has 2 aliphatic heterocycles. The standard InChI is InChI=1S/C10H16F3N3O3S/c1-16(2)9-15-3-4(17)5(18)6(19-8(3)20-9)7(14)10(11,12)13/h3-8,17-18H,14H2,1-2H3/t3-,4-,5+,6+,7?,8-/m1/s1. The van der Waals surface area contributed by atoms with Gasteiger partial charge in [-0.1, -0.05) is 11.8 Å². The van der Waals surface area contributed by atoms with E-state index < -0.39 is 42.0 Å². The van der Waals surface area contributed by atoms with Gasteiger partial charge in [-0.3, -0.25) is 4.99 Å². The molecule has 20 heavy (non-hydrogen) atoms. The van der Waals surface area contributed by atoms with E-state index in [1.54, 1.807) is 19.0 Å². The summed E-state index contributed by atoms with van der Waals surface area (Å²) in [7, 11) is 3.43. The van der Waals surface area contributed by atoms with Crippen molar-refractivity contribution in [3.63, 3.8) is 0 Å². The zero-order valence-corrected chi connectivity index (χ0v) is 11.6. The number of aliphatic hydroxyl groups excluding tert-OH is 2. The minimum atomic E-state index is -4.72. The molecular weight excluding hydrogens is 299 g/mol. The van der Waals surface area contributed by atoms with Crippen LogP contribution in [0.2, 0.25) is 0 Å². The fourth-order valence-corrected chi connectivity index (χ4v) is 3.22. The normalized spacial score (nSPS) is 39.2. The van der Waals surface area contributed by atoms with Gasteiger partial charge in [0.05, 0.1) is 0 Å². The van der Waals surface area contributed by atoms with Crippen LogP contribution in [0.1, 0.15) is 0 Å². The van der Waals surface area contributed by atoms with Gasteiger partial charge in [-0.2, -0.15) is 13.2 Å². The summed E-state index contributed by atoms with van der Waals surface area (Å²) in [4.78, 5) is 5.80. The van der Waals surface area contributed by atoms with Crippen LogP contribution in [0.25, 0.3) is 0 Å². The van der Waals surface area contributed by atoms with Gasteiger partial charge in [-0.05, 0) is 0 Å². The van der Waals surface area contributed by atoms with E-state index in [9.17, 15) is 23.4 Å². The molecule has 116 valence electrons. The van der Waals surface area contributed by atoms with Crippen LogP contribution in [0.5, 0.6) is 0 Å². The first kappa shape index (κ1) is 15.8. The van der Waals surface area contributed by atoms with E-state index in [0.29, 0.717) is 5.17 Å². The molecule has 6 nitrogen and oxygen atoms in total. The van der Waals surface area contributed by atoms with Crippen molar-refractivity contribution in [2.24, 2.45) is 10.7 Å². The van der Waals surface area contributed by atoms with E-state index >= 15 is 0 Å². The first-order valence-corrected chi connectivity index (χ1v) is 6.76. The molecule has 2 heterocycles. The number of nitrogens with two attached hydrogens (primary N) is 1. The fourth-order valence-electron chi connectivity index (χ4n) is 2.07. The van der Waals surface area contributed by atoms with Gasteiger partial charge in [0.1, 0.15) is 35.8 Å². The molecule has 0 amide bonds. The Bertz CT molecular complexity index is 407. The van der Waals surface area contributed by atoms with Gasteiger partial charge in [-0.15, -0.1) is 0 Å². The highest BCUT2D eigenvalue weighted by atomic mass is 32.2. The molecule has 0 aromatic carbocycles. The monoisotopic (exact) mass is 315 g/mol. The van der Waals surface area contributed by atoms with E-state index in [1.165, 1.54) is 0 Å². The number of fused-ring (bicyclic) bond motifs is 1. The van der Waals surface area contributed by atoms with Gasteiger partial charge in [-0.25, -0.2) is 0 Å². The van der Waals surface area contributed by atoms with Crippen LogP contribution in [0.4, 0.5) is 13.2 Å². The van der Waals surface area contributed by atoms with Crippen molar-refractivity contribution in [2.45, 2.75) is 42.0 Å². The number of halogens is 3. The van der Waals surface area contributed by atoms with Crippen LogP contribution in [0.15, 0.2) is 4.99 Å². The van der Waals surface area contributed by atoms with Crippen molar-refractivity contribution < 1.29 is 28.1 Å². The lowest BCUT2D eigenvalue weighted by Crippen LogP contribution is -2.63. The summed E-state index contributed by atoms with van der Waals surface area (Å²) in [6.07, 6.45) is -9.61. The number of thioether (sulfide) groups is 1. The quantitative estimate of drug-likeness (QED) is 0.596. The first-order chi connectivity index (χ1) is 9.12. The molecule has 0 aromatic rings. The van der Waals surface area contributed by atoms with E-state index in [-0.39, 0.29) is 0 Å². The number of hydrogen-bond donors (Lipinski definition) is 3. The van der Waals surface area contributed by atoms with Crippen LogP contribution in [0.3, 0.4) is 0 Å². The summed E-state index contributed by atoms with van der Waals surface area (Å²) >= 11 is 1.10. The van der Waals surface area contributed by atoms with Crippen LogP contribution >= 0.6 is 11.8 Å². The lowest BCUT2D eigenvalue weighted by atomic mass is 9.94. The van der Waals surface area contributed by atoms with Crippen LogP contribution < -0.4 is 5.73 Å². The van der Waals surface area contributed by atoms with Crippen molar-refractivity contribution in [3.8, 4) is 0 Å². The highest BCUT2D eigenvalue weighted by Crippen LogP contribution is 2.39. The Morgan fingerprint density at radius 2 is 1.95 bits per heavy atom. The van der Waals surface area contributed by atoms with Gasteiger partial charge in [0.15, 0.2) is 5.17 Å². The number of nitrogens with zero attached hydrogens (tertiary/aromatic N) is 2. The van der Waals surface area contributed by atoms with Crippen LogP contribution in [-0.4, -0.2) is 76.4 Å². The third-order valence-electron chi connectivity index (χ3n) is 3.20. The minimum Gasteiger partial charge on any atom is -0.388 e. The van der Waals surface area contributed by atoms with Gasteiger partial charge in [0.25, 0.3) is 0 Å². The van der Waals surface area contributed by atoms with Crippen LogP contribution in [0, 0.1) is 0 Å². The summed E-state index contributed by atoms with van der Waals surface area (Å²) in [5.74, 6) is 0. The first-order valence-electron chi connectivity index (χ1n) is 5.88. The molecule has 1 unspecified atom stereocenters. The van der Waals surface area contributed by atoms with E-state index in [4.69, 9.17) is 10.5 Å². The second kappa shape index (κ2) is 5.34. The zero-order chi connectivity index (χ0) is 15.2. The number of amidine groups is 1. The largest absolute Gasteiger partial charge is 0.406 e. The van der Waals surface area contributed by atoms with Crippen LogP contribution in [-0.2, 0) is 4.74 Å². The maximum atomic E-state index is 12.6. The number of aliphatic hydroxyl groups is 2. The number of rotatable bonds is 1. The smallest absolute Gasteiger partial charge is 0.388 e. The third-order valence-corrected chi connectivity index (χ3v) is 4.51. The summed E-state index contributed by atoms with van der Waals surface area (Å²) in [6, 6.07) is -3.17. The molecule has 1 saturated heterocycles. The molecule has 1 fully saturated rings. The molecule has 0 aromatic heterocycles. The Balaban J connectivity index is 2.17. The Morgan fingerprint density at radius 1 is 1.35 bits per heavy atom. The third kappa shape index (κ3) is 2.75. The van der Waals surface area contributed by atoms with Crippen molar-refractivity contribution in [2.75, 3.05) is 14.1 Å². The molecule has 2 aliphatic rings. The average Bonchev–Trinajstić information content (AvgIpc) is 2.76. The van der Waals surface area contributed by atoms with Gasteiger partial charge >= 0.3 is 6.18 Å². The van der Waals surface area contributed by atoms with E-state index in [0.717, 1.165) is 11.8 Å². The number of alkyl halides is 3. The Kier molecular flexibility index (Phi) is 4.22. The Morgan fingerprint density at radius 3 is 2.45 bits per heavy atom. The second-order valence-electron chi connectivity index (χ2n) is 4.93. The highest BCUT2D eigenvalue weighted by molar-refractivity contribution is 8.14. The van der Waals surface area contributed by atoms with Crippen molar-refractivity contribution in [3.05, 3.63) is 0 Å². The zero-order valence-electron chi connectivity index (χ0n) is 10.8. The molecule has 4 N–H and O–H groups in total. The molecule has 6 atom stereocenters. The molecule has 0 bridgehead atoms. The minimum absolute atomic E-state index is 0.521. The molecule has 0 aliphatic carbocycles. The maximum absolute atomic E-state index is 12.6. The summed E-state index contributed by atoms with van der Waals surface area (Å²) in [5.41, 5.74) is 4.29. The number of hydrogen-bond acceptors (Lipinski definition) is 7. The molecule has 10 heteroatoms. The molecular formula is C10H16F3N3O3S. The molecule has 2 rings (SSSR count). The summed E-state index contributed by atoms with van der Waals surface area (Å²) in [6.45, 7) is 0. The second-order valence-corrected chi connectivity index (χ2v) is 6.00. The molecule has 0 radical (unpaired) electrons. The highest BCUT2D eigenvalue weighted by Gasteiger charge is 2.55. The number of aliphatic imine (C=N–C) groups is 1.